The van der Waals surface area contributed by atoms with Crippen LogP contribution in [0.1, 0.15) is 6.04 Å². The van der Waals surface area contributed by atoms with Crippen LogP contribution in [0.2, 0.25) is 0 Å². The molecule has 32 heavy (non-hydrogen) atoms. The third-order valence-electron chi connectivity index (χ3n) is 5.16. The van der Waals surface area contributed by atoms with Crippen molar-refractivity contribution in [2.75, 3.05) is 25.6 Å². The maximum atomic E-state index is 12.7. The average Bonchev–Trinajstić information content (AvgIpc) is 3.52. The van der Waals surface area contributed by atoms with Gasteiger partial charge in [0.1, 0.15) is 30.3 Å². The highest BCUT2D eigenvalue weighted by molar-refractivity contribution is 5.60. The molecule has 0 radical (unpaired) electrons. The van der Waals surface area contributed by atoms with Crippen LogP contribution in [0.4, 0.5) is 5.82 Å². The topological polar surface area (TPSA) is 122 Å². The van der Waals surface area contributed by atoms with E-state index in [2.05, 4.69) is 30.5 Å². The molecule has 1 aromatic carbocycles. The summed E-state index contributed by atoms with van der Waals surface area (Å²) in [5.41, 5.74) is 1.32. The molecule has 4 aromatic rings. The highest BCUT2D eigenvalue weighted by atomic mass is 16.5. The Morgan fingerprint density at radius 1 is 1.16 bits per heavy atom. The second-order valence-electron chi connectivity index (χ2n) is 7.19. The van der Waals surface area contributed by atoms with E-state index in [1.54, 1.807) is 31.9 Å². The van der Waals surface area contributed by atoms with Crippen molar-refractivity contribution >= 4 is 5.82 Å². The number of rotatable bonds is 6. The second kappa shape index (κ2) is 8.55. The standard InChI is InChI=1S/C21H20N8O3/c1-31-15-4-2-3-14(7-15)16-5-6-21(30)29(27-16)18-11-32-10-17(18)25-19-8-22-9-20(26-19)28-13-23-12-24-28/h2-9,12-13,17-18H,10-11H2,1H3,(H,25,26). The van der Waals surface area contributed by atoms with Gasteiger partial charge in [0.2, 0.25) is 0 Å². The van der Waals surface area contributed by atoms with Crippen LogP contribution in [0.25, 0.3) is 17.1 Å². The molecule has 3 aromatic heterocycles. The molecule has 162 valence electrons. The lowest BCUT2D eigenvalue weighted by Crippen LogP contribution is -2.37. The van der Waals surface area contributed by atoms with Crippen LogP contribution < -0.4 is 15.6 Å². The fourth-order valence-electron chi connectivity index (χ4n) is 3.57. The van der Waals surface area contributed by atoms with Gasteiger partial charge in [0.25, 0.3) is 5.56 Å². The number of anilines is 1. The summed E-state index contributed by atoms with van der Waals surface area (Å²) in [6.07, 6.45) is 6.17. The average molecular weight is 432 g/mol. The summed E-state index contributed by atoms with van der Waals surface area (Å²) >= 11 is 0. The monoisotopic (exact) mass is 432 g/mol. The van der Waals surface area contributed by atoms with Gasteiger partial charge in [0.05, 0.1) is 44.5 Å². The molecule has 2 unspecified atom stereocenters. The van der Waals surface area contributed by atoms with Gasteiger partial charge in [-0.1, -0.05) is 12.1 Å². The first-order valence-electron chi connectivity index (χ1n) is 9.97. The van der Waals surface area contributed by atoms with Crippen molar-refractivity contribution in [2.45, 2.75) is 12.1 Å². The quantitative estimate of drug-likeness (QED) is 0.481. The molecule has 0 amide bonds. The Kier molecular flexibility index (Phi) is 5.30. The summed E-state index contributed by atoms with van der Waals surface area (Å²) in [7, 11) is 1.61. The summed E-state index contributed by atoms with van der Waals surface area (Å²) in [5, 5.41) is 12.0. The van der Waals surface area contributed by atoms with Gasteiger partial charge < -0.3 is 14.8 Å². The number of aromatic nitrogens is 7. The normalized spacial score (nSPS) is 17.9. The summed E-state index contributed by atoms with van der Waals surface area (Å²) in [6.45, 7) is 0.750. The minimum atomic E-state index is -0.315. The summed E-state index contributed by atoms with van der Waals surface area (Å²) in [6, 6.07) is 10.2. The molecule has 11 heteroatoms. The van der Waals surface area contributed by atoms with E-state index in [4.69, 9.17) is 9.47 Å². The van der Waals surface area contributed by atoms with Crippen molar-refractivity contribution in [3.8, 4) is 22.8 Å². The molecule has 1 N–H and O–H groups in total. The summed E-state index contributed by atoms with van der Waals surface area (Å²) in [4.78, 5) is 25.3. The van der Waals surface area contributed by atoms with Crippen LogP contribution in [0, 0.1) is 0 Å². The number of benzene rings is 1. The Balaban J connectivity index is 1.42. The Hall–Kier alpha value is -4.12. The van der Waals surface area contributed by atoms with Gasteiger partial charge in [-0.2, -0.15) is 10.2 Å². The summed E-state index contributed by atoms with van der Waals surface area (Å²) < 4.78 is 14.0. The molecule has 2 atom stereocenters. The number of ether oxygens (including phenoxy) is 2. The summed E-state index contributed by atoms with van der Waals surface area (Å²) in [5.74, 6) is 1.78. The minimum Gasteiger partial charge on any atom is -0.497 e. The third-order valence-corrected chi connectivity index (χ3v) is 5.16. The molecule has 1 aliphatic heterocycles. The molecule has 0 bridgehead atoms. The molecule has 1 saturated heterocycles. The van der Waals surface area contributed by atoms with Crippen LogP contribution in [0.3, 0.4) is 0 Å². The lowest BCUT2D eigenvalue weighted by atomic mass is 10.1. The number of nitrogens with one attached hydrogen (secondary N) is 1. The van der Waals surface area contributed by atoms with Gasteiger partial charge in [-0.3, -0.25) is 9.78 Å². The molecule has 1 aliphatic rings. The van der Waals surface area contributed by atoms with Crippen LogP contribution >= 0.6 is 0 Å². The van der Waals surface area contributed by atoms with E-state index in [1.807, 2.05) is 24.3 Å². The van der Waals surface area contributed by atoms with Crippen molar-refractivity contribution in [2.24, 2.45) is 0 Å². The molecule has 0 aliphatic carbocycles. The van der Waals surface area contributed by atoms with Gasteiger partial charge in [-0.15, -0.1) is 0 Å². The number of nitrogens with zero attached hydrogens (tertiary/aromatic N) is 7. The fourth-order valence-corrected chi connectivity index (χ4v) is 3.57. The third kappa shape index (κ3) is 3.93. The lowest BCUT2D eigenvalue weighted by molar-refractivity contribution is 0.183. The zero-order valence-corrected chi connectivity index (χ0v) is 17.2. The van der Waals surface area contributed by atoms with Crippen LogP contribution in [0.15, 0.2) is 66.2 Å². The second-order valence-corrected chi connectivity index (χ2v) is 7.19. The first-order valence-corrected chi connectivity index (χ1v) is 9.97. The molecular weight excluding hydrogens is 412 g/mol. The van der Waals surface area contributed by atoms with Gasteiger partial charge in [-0.25, -0.2) is 19.3 Å². The fraction of sp³-hybridized carbons (Fsp3) is 0.238. The molecule has 5 rings (SSSR count). The van der Waals surface area contributed by atoms with Gasteiger partial charge in [0, 0.05) is 11.6 Å². The largest absolute Gasteiger partial charge is 0.497 e. The number of hydrogen-bond donors (Lipinski definition) is 1. The predicted molar refractivity (Wildman–Crippen MR) is 115 cm³/mol. The Morgan fingerprint density at radius 3 is 2.94 bits per heavy atom. The van der Waals surface area contributed by atoms with Crippen LogP contribution in [-0.4, -0.2) is 60.9 Å². The highest BCUT2D eigenvalue weighted by Crippen LogP contribution is 2.24. The van der Waals surface area contributed by atoms with E-state index in [1.165, 1.54) is 21.8 Å². The van der Waals surface area contributed by atoms with E-state index < -0.39 is 0 Å². The Morgan fingerprint density at radius 2 is 2.09 bits per heavy atom. The SMILES string of the molecule is COc1cccc(-c2ccc(=O)n(C3COCC3Nc3cncc(-n4cncn4)n3)n2)c1. The first-order chi connectivity index (χ1) is 15.7. The van der Waals surface area contributed by atoms with E-state index in [-0.39, 0.29) is 17.6 Å². The van der Waals surface area contributed by atoms with E-state index >= 15 is 0 Å². The van der Waals surface area contributed by atoms with E-state index in [0.717, 1.165) is 11.3 Å². The van der Waals surface area contributed by atoms with Gasteiger partial charge in [-0.05, 0) is 18.2 Å². The molecule has 0 spiro atoms. The molecule has 4 heterocycles. The van der Waals surface area contributed by atoms with Gasteiger partial charge >= 0.3 is 0 Å². The van der Waals surface area contributed by atoms with E-state index in [0.29, 0.717) is 30.5 Å². The van der Waals surface area contributed by atoms with Crippen LogP contribution in [0.5, 0.6) is 5.75 Å². The Bertz CT molecular complexity index is 1270. The van der Waals surface area contributed by atoms with Crippen molar-refractivity contribution in [1.82, 2.24) is 34.5 Å². The van der Waals surface area contributed by atoms with Crippen molar-refractivity contribution in [1.29, 1.82) is 0 Å². The zero-order chi connectivity index (χ0) is 21.9. The minimum absolute atomic E-state index is 0.207. The molecular formula is C21H20N8O3. The van der Waals surface area contributed by atoms with Gasteiger partial charge in [0.15, 0.2) is 5.82 Å². The van der Waals surface area contributed by atoms with Crippen molar-refractivity contribution in [3.63, 3.8) is 0 Å². The first kappa shape index (κ1) is 19.8. The van der Waals surface area contributed by atoms with Crippen molar-refractivity contribution < 1.29 is 9.47 Å². The zero-order valence-electron chi connectivity index (χ0n) is 17.2. The number of methoxy groups -OCH3 is 1. The highest BCUT2D eigenvalue weighted by Gasteiger charge is 2.32. The maximum Gasteiger partial charge on any atom is 0.267 e. The van der Waals surface area contributed by atoms with E-state index in [9.17, 15) is 4.79 Å². The van der Waals surface area contributed by atoms with Crippen molar-refractivity contribution in [3.05, 3.63) is 71.8 Å². The number of hydrogen-bond acceptors (Lipinski definition) is 9. The predicted octanol–water partition coefficient (Wildman–Crippen LogP) is 1.34. The molecule has 11 nitrogen and oxygen atoms in total. The van der Waals surface area contributed by atoms with Crippen LogP contribution in [-0.2, 0) is 4.74 Å². The molecule has 1 fully saturated rings. The smallest absolute Gasteiger partial charge is 0.267 e. The lowest BCUT2D eigenvalue weighted by Gasteiger charge is -2.21. The maximum absolute atomic E-state index is 12.7. The Labute approximate surface area is 182 Å². The molecule has 0 saturated carbocycles.